The van der Waals surface area contributed by atoms with Crippen LogP contribution in [0.15, 0.2) is 18.2 Å². The summed E-state index contributed by atoms with van der Waals surface area (Å²) in [6.07, 6.45) is 2.18. The molecule has 4 heteroatoms. The van der Waals surface area contributed by atoms with Crippen LogP contribution in [0.4, 0.5) is 0 Å². The monoisotopic (exact) mass is 295 g/mol. The fraction of sp³-hybridized carbons (Fsp3) is 0.562. The Morgan fingerprint density at radius 3 is 2.55 bits per heavy atom. The van der Waals surface area contributed by atoms with E-state index in [1.807, 2.05) is 26.0 Å². The summed E-state index contributed by atoms with van der Waals surface area (Å²) in [6, 6.07) is 6.14. The minimum Gasteiger partial charge on any atom is -0.481 e. The zero-order valence-corrected chi connectivity index (χ0v) is 12.9. The predicted molar refractivity (Wildman–Crippen MR) is 81.1 cm³/mol. The molecule has 1 aromatic rings. The van der Waals surface area contributed by atoms with Crippen LogP contribution in [-0.4, -0.2) is 29.1 Å². The molecule has 1 aliphatic rings. The van der Waals surface area contributed by atoms with Crippen molar-refractivity contribution in [2.24, 2.45) is 5.41 Å². The molecule has 0 bridgehead atoms. The van der Waals surface area contributed by atoms with E-state index < -0.39 is 11.4 Å². The molecule has 0 aromatic heterocycles. The van der Waals surface area contributed by atoms with Crippen molar-refractivity contribution < 1.29 is 9.90 Å². The third-order valence-electron chi connectivity index (χ3n) is 4.59. The lowest BCUT2D eigenvalue weighted by molar-refractivity contribution is -0.152. The maximum Gasteiger partial charge on any atom is 0.309 e. The molecule has 20 heavy (non-hydrogen) atoms. The van der Waals surface area contributed by atoms with Gasteiger partial charge in [-0.1, -0.05) is 30.7 Å². The molecule has 1 heterocycles. The predicted octanol–water partition coefficient (Wildman–Crippen LogP) is 3.73. The van der Waals surface area contributed by atoms with E-state index in [-0.39, 0.29) is 0 Å². The lowest BCUT2D eigenvalue weighted by atomic mass is 9.76. The van der Waals surface area contributed by atoms with Gasteiger partial charge in [-0.3, -0.25) is 9.69 Å². The van der Waals surface area contributed by atoms with Gasteiger partial charge in [-0.2, -0.15) is 0 Å². The highest BCUT2D eigenvalue weighted by atomic mass is 35.5. The number of nitrogens with zero attached hydrogens (tertiary/aromatic N) is 1. The number of hydrogen-bond acceptors (Lipinski definition) is 2. The number of piperidine rings is 1. The molecule has 1 N–H and O–H groups in total. The first-order valence-corrected chi connectivity index (χ1v) is 7.55. The summed E-state index contributed by atoms with van der Waals surface area (Å²) >= 11 is 6.14. The lowest BCUT2D eigenvalue weighted by Gasteiger charge is -2.38. The van der Waals surface area contributed by atoms with Crippen LogP contribution < -0.4 is 0 Å². The highest BCUT2D eigenvalue weighted by Crippen LogP contribution is 2.35. The fourth-order valence-corrected chi connectivity index (χ4v) is 3.05. The maximum absolute atomic E-state index is 11.4. The Balaban J connectivity index is 1.97. The van der Waals surface area contributed by atoms with Crippen molar-refractivity contribution in [2.75, 3.05) is 13.1 Å². The number of aliphatic carboxylic acids is 1. The molecule has 0 aliphatic carbocycles. The number of halogens is 1. The van der Waals surface area contributed by atoms with Crippen LogP contribution in [0, 0.1) is 12.3 Å². The van der Waals surface area contributed by atoms with Crippen LogP contribution in [0.2, 0.25) is 5.02 Å². The molecule has 1 aromatic carbocycles. The number of likely N-dealkylation sites (tertiary alicyclic amines) is 1. The first kappa shape index (κ1) is 15.3. The first-order valence-electron chi connectivity index (χ1n) is 7.17. The second kappa shape index (κ2) is 6.15. The van der Waals surface area contributed by atoms with Gasteiger partial charge in [-0.15, -0.1) is 0 Å². The van der Waals surface area contributed by atoms with Gasteiger partial charge in [0.2, 0.25) is 0 Å². The number of benzene rings is 1. The summed E-state index contributed by atoms with van der Waals surface area (Å²) < 4.78 is 0. The minimum absolute atomic E-state index is 0.512. The smallest absolute Gasteiger partial charge is 0.309 e. The second-order valence-electron chi connectivity index (χ2n) is 5.80. The van der Waals surface area contributed by atoms with E-state index >= 15 is 0 Å². The van der Waals surface area contributed by atoms with E-state index in [0.29, 0.717) is 6.42 Å². The fourth-order valence-electron chi connectivity index (χ4n) is 2.85. The molecule has 0 unspecified atom stereocenters. The average molecular weight is 296 g/mol. The van der Waals surface area contributed by atoms with Crippen molar-refractivity contribution in [1.29, 1.82) is 0 Å². The Morgan fingerprint density at radius 1 is 1.40 bits per heavy atom. The van der Waals surface area contributed by atoms with Gasteiger partial charge in [-0.25, -0.2) is 0 Å². The van der Waals surface area contributed by atoms with Crippen LogP contribution in [0.1, 0.15) is 37.3 Å². The SMILES string of the molecule is CCC1(C(=O)O)CCN(Cc2ccc(C)c(Cl)c2)CC1. The second-order valence-corrected chi connectivity index (χ2v) is 6.21. The summed E-state index contributed by atoms with van der Waals surface area (Å²) in [7, 11) is 0. The molecule has 1 saturated heterocycles. The number of rotatable bonds is 4. The van der Waals surface area contributed by atoms with Crippen molar-refractivity contribution in [1.82, 2.24) is 4.90 Å². The molecule has 1 aliphatic heterocycles. The van der Waals surface area contributed by atoms with Crippen molar-refractivity contribution >= 4 is 17.6 Å². The van der Waals surface area contributed by atoms with E-state index in [4.69, 9.17) is 11.6 Å². The number of carboxylic acid groups (broad SMARTS) is 1. The van der Waals surface area contributed by atoms with Crippen molar-refractivity contribution in [3.63, 3.8) is 0 Å². The lowest BCUT2D eigenvalue weighted by Crippen LogP contribution is -2.43. The van der Waals surface area contributed by atoms with Gasteiger partial charge in [0.15, 0.2) is 0 Å². The number of carboxylic acids is 1. The Labute approximate surface area is 125 Å². The number of carbonyl (C=O) groups is 1. The van der Waals surface area contributed by atoms with Gasteiger partial charge in [0.05, 0.1) is 5.41 Å². The van der Waals surface area contributed by atoms with Crippen LogP contribution in [0.5, 0.6) is 0 Å². The zero-order chi connectivity index (χ0) is 14.8. The van der Waals surface area contributed by atoms with Crippen molar-refractivity contribution in [3.05, 3.63) is 34.3 Å². The van der Waals surface area contributed by atoms with Crippen LogP contribution >= 0.6 is 11.6 Å². The third-order valence-corrected chi connectivity index (χ3v) is 4.99. The van der Waals surface area contributed by atoms with E-state index in [9.17, 15) is 9.90 Å². The molecule has 3 nitrogen and oxygen atoms in total. The normalized spacial score (nSPS) is 18.9. The number of aryl methyl sites for hydroxylation is 1. The molecule has 0 atom stereocenters. The molecular formula is C16H22ClNO2. The Morgan fingerprint density at radius 2 is 2.05 bits per heavy atom. The largest absolute Gasteiger partial charge is 0.481 e. The van der Waals surface area contributed by atoms with E-state index in [1.165, 1.54) is 5.56 Å². The van der Waals surface area contributed by atoms with Gasteiger partial charge >= 0.3 is 5.97 Å². The highest BCUT2D eigenvalue weighted by Gasteiger charge is 2.39. The summed E-state index contributed by atoms with van der Waals surface area (Å²) in [5, 5.41) is 10.2. The maximum atomic E-state index is 11.4. The summed E-state index contributed by atoms with van der Waals surface area (Å²) in [4.78, 5) is 13.7. The standard InChI is InChI=1S/C16H22ClNO2/c1-3-16(15(19)20)6-8-18(9-7-16)11-13-5-4-12(2)14(17)10-13/h4-5,10H,3,6-9,11H2,1-2H3,(H,19,20). The van der Waals surface area contributed by atoms with Crippen molar-refractivity contribution in [3.8, 4) is 0 Å². The van der Waals surface area contributed by atoms with Gasteiger partial charge in [0.25, 0.3) is 0 Å². The Bertz CT molecular complexity index is 493. The van der Waals surface area contributed by atoms with Gasteiger partial charge in [0, 0.05) is 11.6 Å². The minimum atomic E-state index is -0.641. The van der Waals surface area contributed by atoms with Gasteiger partial charge < -0.3 is 5.11 Å². The zero-order valence-electron chi connectivity index (χ0n) is 12.2. The van der Waals surface area contributed by atoms with Crippen LogP contribution in [0.25, 0.3) is 0 Å². The van der Waals surface area contributed by atoms with Crippen LogP contribution in [0.3, 0.4) is 0 Å². The molecule has 2 rings (SSSR count). The average Bonchev–Trinajstić information content (AvgIpc) is 2.44. The Hall–Kier alpha value is -1.06. The topological polar surface area (TPSA) is 40.5 Å². The van der Waals surface area contributed by atoms with Gasteiger partial charge in [0.1, 0.15) is 0 Å². The van der Waals surface area contributed by atoms with E-state index in [2.05, 4.69) is 11.0 Å². The molecule has 0 saturated carbocycles. The first-order chi connectivity index (χ1) is 9.47. The molecule has 0 spiro atoms. The molecule has 1 fully saturated rings. The quantitative estimate of drug-likeness (QED) is 0.920. The van der Waals surface area contributed by atoms with Crippen LogP contribution in [-0.2, 0) is 11.3 Å². The summed E-state index contributed by atoms with van der Waals surface area (Å²) in [5.74, 6) is -0.641. The van der Waals surface area contributed by atoms with E-state index in [1.54, 1.807) is 0 Å². The summed E-state index contributed by atoms with van der Waals surface area (Å²) in [6.45, 7) is 6.50. The molecule has 0 amide bonds. The highest BCUT2D eigenvalue weighted by molar-refractivity contribution is 6.31. The van der Waals surface area contributed by atoms with Gasteiger partial charge in [-0.05, 0) is 56.5 Å². The Kier molecular flexibility index (Phi) is 4.71. The molecular weight excluding hydrogens is 274 g/mol. The molecule has 110 valence electrons. The van der Waals surface area contributed by atoms with E-state index in [0.717, 1.165) is 43.1 Å². The summed E-state index contributed by atoms with van der Waals surface area (Å²) in [5.41, 5.74) is 1.77. The van der Waals surface area contributed by atoms with Crippen molar-refractivity contribution in [2.45, 2.75) is 39.7 Å². The number of hydrogen-bond donors (Lipinski definition) is 1. The third kappa shape index (κ3) is 3.15. The molecule has 0 radical (unpaired) electrons.